The lowest BCUT2D eigenvalue weighted by molar-refractivity contribution is -0.115. The molecule has 1 amide bonds. The summed E-state index contributed by atoms with van der Waals surface area (Å²) in [7, 11) is 1.78. The number of likely N-dealkylation sites (tertiary alicyclic amines) is 2. The summed E-state index contributed by atoms with van der Waals surface area (Å²) in [5, 5.41) is 0. The number of hydrogen-bond donors (Lipinski definition) is 1. The minimum atomic E-state index is 0.0992. The van der Waals surface area contributed by atoms with E-state index in [1.54, 1.807) is 19.6 Å². The molecule has 2 aromatic heterocycles. The van der Waals surface area contributed by atoms with Crippen molar-refractivity contribution >= 4 is 16.9 Å². The number of hydrogen-bond acceptors (Lipinski definition) is 5. The van der Waals surface area contributed by atoms with Crippen LogP contribution in [0.3, 0.4) is 0 Å². The van der Waals surface area contributed by atoms with Gasteiger partial charge in [-0.3, -0.25) is 14.7 Å². The molecule has 150 valence electrons. The molecule has 7 heteroatoms. The van der Waals surface area contributed by atoms with Gasteiger partial charge in [0.05, 0.1) is 29.5 Å². The molecule has 7 nitrogen and oxygen atoms in total. The summed E-state index contributed by atoms with van der Waals surface area (Å²) in [5.74, 6) is 0.0992. The SMILES string of the molecule is CO[C@H]1CN(C2CCN(C(=O)c3ccc4nc[nH]c4c3)CC2)[C@H]1c1cccnc1. The largest absolute Gasteiger partial charge is 0.378 e. The maximum atomic E-state index is 13.0. The molecule has 0 bridgehead atoms. The van der Waals surface area contributed by atoms with Crippen LogP contribution in [0.1, 0.15) is 34.8 Å². The minimum Gasteiger partial charge on any atom is -0.378 e. The molecule has 0 saturated carbocycles. The highest BCUT2D eigenvalue weighted by Gasteiger charge is 2.44. The molecule has 2 atom stereocenters. The topological polar surface area (TPSA) is 74.3 Å². The molecule has 2 fully saturated rings. The number of amides is 1. The van der Waals surface area contributed by atoms with Crippen LogP contribution in [0.4, 0.5) is 0 Å². The first-order valence-corrected chi connectivity index (χ1v) is 10.2. The van der Waals surface area contributed by atoms with Gasteiger partial charge in [-0.2, -0.15) is 0 Å². The zero-order chi connectivity index (χ0) is 19.8. The van der Waals surface area contributed by atoms with Gasteiger partial charge in [0, 0.05) is 50.7 Å². The smallest absolute Gasteiger partial charge is 0.253 e. The number of aromatic nitrogens is 3. The third-order valence-electron chi connectivity index (χ3n) is 6.32. The van der Waals surface area contributed by atoms with E-state index >= 15 is 0 Å². The first-order valence-electron chi connectivity index (χ1n) is 10.2. The number of nitrogens with one attached hydrogen (secondary N) is 1. The Morgan fingerprint density at radius 2 is 2.10 bits per heavy atom. The van der Waals surface area contributed by atoms with E-state index in [0.717, 1.165) is 49.1 Å². The Labute approximate surface area is 169 Å². The Morgan fingerprint density at radius 1 is 1.24 bits per heavy atom. The van der Waals surface area contributed by atoms with Gasteiger partial charge < -0.3 is 14.6 Å². The second-order valence-corrected chi connectivity index (χ2v) is 7.86. The van der Waals surface area contributed by atoms with Crippen LogP contribution in [0.25, 0.3) is 11.0 Å². The van der Waals surface area contributed by atoms with E-state index in [1.165, 1.54) is 5.56 Å². The maximum absolute atomic E-state index is 13.0. The molecule has 0 spiro atoms. The molecule has 5 rings (SSSR count). The van der Waals surface area contributed by atoms with Gasteiger partial charge in [0.25, 0.3) is 5.91 Å². The molecule has 2 aliphatic rings. The Balaban J connectivity index is 1.25. The van der Waals surface area contributed by atoms with Crippen molar-refractivity contribution in [3.8, 4) is 0 Å². The number of piperidine rings is 1. The fourth-order valence-corrected chi connectivity index (χ4v) is 4.69. The standard InChI is InChI=1S/C22H25N5O2/c1-29-20-13-27(21(20)16-3-2-8-23-12-16)17-6-9-26(10-7-17)22(28)15-4-5-18-19(11-15)25-14-24-18/h2-5,8,11-12,14,17,20-21H,6-7,9-10,13H2,1H3,(H,24,25)/t20-,21-/m0/s1. The summed E-state index contributed by atoms with van der Waals surface area (Å²) < 4.78 is 5.68. The van der Waals surface area contributed by atoms with E-state index in [9.17, 15) is 4.79 Å². The lowest BCUT2D eigenvalue weighted by Crippen LogP contribution is -2.60. The first-order chi connectivity index (χ1) is 14.2. The summed E-state index contributed by atoms with van der Waals surface area (Å²) in [6, 6.07) is 10.5. The van der Waals surface area contributed by atoms with Gasteiger partial charge in [0.15, 0.2) is 0 Å². The molecule has 29 heavy (non-hydrogen) atoms. The number of aromatic amines is 1. The van der Waals surface area contributed by atoms with Gasteiger partial charge in [0.1, 0.15) is 0 Å². The predicted octanol–water partition coefficient (Wildman–Crippen LogP) is 2.63. The number of methoxy groups -OCH3 is 1. The van der Waals surface area contributed by atoms with Crippen molar-refractivity contribution in [3.05, 3.63) is 60.2 Å². The van der Waals surface area contributed by atoms with Crippen LogP contribution in [-0.4, -0.2) is 69.5 Å². The highest BCUT2D eigenvalue weighted by Crippen LogP contribution is 2.39. The number of ether oxygens (including phenoxy) is 1. The summed E-state index contributed by atoms with van der Waals surface area (Å²) in [4.78, 5) is 29.0. The van der Waals surface area contributed by atoms with E-state index in [4.69, 9.17) is 4.74 Å². The molecule has 3 aromatic rings. The van der Waals surface area contributed by atoms with E-state index in [1.807, 2.05) is 35.4 Å². The highest BCUT2D eigenvalue weighted by molar-refractivity contribution is 5.97. The van der Waals surface area contributed by atoms with E-state index in [2.05, 4.69) is 25.9 Å². The van der Waals surface area contributed by atoms with Crippen molar-refractivity contribution in [2.45, 2.75) is 31.0 Å². The molecular weight excluding hydrogens is 366 g/mol. The van der Waals surface area contributed by atoms with Crippen molar-refractivity contribution in [3.63, 3.8) is 0 Å². The third-order valence-corrected chi connectivity index (χ3v) is 6.32. The second-order valence-electron chi connectivity index (χ2n) is 7.86. The van der Waals surface area contributed by atoms with Crippen molar-refractivity contribution in [1.82, 2.24) is 24.8 Å². The van der Waals surface area contributed by atoms with Crippen molar-refractivity contribution < 1.29 is 9.53 Å². The first kappa shape index (κ1) is 18.3. The molecule has 1 N–H and O–H groups in total. The summed E-state index contributed by atoms with van der Waals surface area (Å²) in [5.41, 5.74) is 3.71. The molecule has 1 aromatic carbocycles. The zero-order valence-corrected chi connectivity index (χ0v) is 16.5. The lowest BCUT2D eigenvalue weighted by Gasteiger charge is -2.52. The fourth-order valence-electron chi connectivity index (χ4n) is 4.69. The van der Waals surface area contributed by atoms with Gasteiger partial charge in [-0.15, -0.1) is 0 Å². The monoisotopic (exact) mass is 391 g/mol. The number of fused-ring (bicyclic) bond motifs is 1. The van der Waals surface area contributed by atoms with Gasteiger partial charge >= 0.3 is 0 Å². The van der Waals surface area contributed by atoms with Gasteiger partial charge in [-0.25, -0.2) is 4.98 Å². The molecule has 0 radical (unpaired) electrons. The zero-order valence-electron chi connectivity index (χ0n) is 16.5. The van der Waals surface area contributed by atoms with E-state index in [0.29, 0.717) is 6.04 Å². The Bertz CT molecular complexity index is 997. The molecule has 2 saturated heterocycles. The minimum absolute atomic E-state index is 0.0992. The molecular formula is C22H25N5O2. The van der Waals surface area contributed by atoms with Gasteiger partial charge in [-0.1, -0.05) is 6.07 Å². The lowest BCUT2D eigenvalue weighted by atomic mass is 9.87. The number of carbonyl (C=O) groups excluding carboxylic acids is 1. The van der Waals surface area contributed by atoms with Crippen LogP contribution >= 0.6 is 0 Å². The van der Waals surface area contributed by atoms with E-state index in [-0.39, 0.29) is 18.1 Å². The van der Waals surface area contributed by atoms with Crippen LogP contribution in [-0.2, 0) is 4.74 Å². The van der Waals surface area contributed by atoms with Crippen LogP contribution in [0.5, 0.6) is 0 Å². The number of carbonyl (C=O) groups is 1. The molecule has 2 aliphatic heterocycles. The van der Waals surface area contributed by atoms with Gasteiger partial charge in [-0.05, 0) is 42.7 Å². The number of imidazole rings is 1. The maximum Gasteiger partial charge on any atom is 0.253 e. The summed E-state index contributed by atoms with van der Waals surface area (Å²) in [6.45, 7) is 2.49. The highest BCUT2D eigenvalue weighted by atomic mass is 16.5. The average molecular weight is 391 g/mol. The summed E-state index contributed by atoms with van der Waals surface area (Å²) in [6.07, 6.45) is 7.56. The fraction of sp³-hybridized carbons (Fsp3) is 0.409. The normalized spacial score (nSPS) is 23.3. The van der Waals surface area contributed by atoms with Crippen molar-refractivity contribution in [2.24, 2.45) is 0 Å². The third kappa shape index (κ3) is 3.30. The molecule has 0 unspecified atom stereocenters. The van der Waals surface area contributed by atoms with Crippen molar-refractivity contribution in [2.75, 3.05) is 26.7 Å². The van der Waals surface area contributed by atoms with Crippen molar-refractivity contribution in [1.29, 1.82) is 0 Å². The average Bonchev–Trinajstić information content (AvgIpc) is 3.22. The predicted molar refractivity (Wildman–Crippen MR) is 110 cm³/mol. The number of rotatable bonds is 4. The number of H-pyrrole nitrogens is 1. The van der Waals surface area contributed by atoms with Crippen LogP contribution in [0, 0.1) is 0 Å². The Hall–Kier alpha value is -2.77. The number of nitrogens with zero attached hydrogens (tertiary/aromatic N) is 4. The molecule has 4 heterocycles. The van der Waals surface area contributed by atoms with Crippen LogP contribution in [0.15, 0.2) is 49.1 Å². The van der Waals surface area contributed by atoms with Crippen LogP contribution < -0.4 is 0 Å². The summed E-state index contributed by atoms with van der Waals surface area (Å²) >= 11 is 0. The van der Waals surface area contributed by atoms with Gasteiger partial charge in [0.2, 0.25) is 0 Å². The number of benzene rings is 1. The Kier molecular flexibility index (Phi) is 4.77. The Morgan fingerprint density at radius 3 is 2.86 bits per heavy atom. The van der Waals surface area contributed by atoms with Crippen LogP contribution in [0.2, 0.25) is 0 Å². The quantitative estimate of drug-likeness (QED) is 0.740. The molecule has 0 aliphatic carbocycles. The van der Waals surface area contributed by atoms with E-state index < -0.39 is 0 Å². The number of pyridine rings is 1. The second kappa shape index (κ2) is 7.57.